The van der Waals surface area contributed by atoms with E-state index in [1.807, 2.05) is 24.3 Å². The van der Waals surface area contributed by atoms with Gasteiger partial charge in [0.05, 0.1) is 25.3 Å². The summed E-state index contributed by atoms with van der Waals surface area (Å²) in [7, 11) is 0. The molecule has 2 heterocycles. The number of carbonyl (C=O) groups excluding carboxylic acids is 1. The number of rotatable bonds is 4. The maximum atomic E-state index is 12.4. The summed E-state index contributed by atoms with van der Waals surface area (Å²) in [6.45, 7) is 2.70. The van der Waals surface area contributed by atoms with Crippen molar-refractivity contribution < 1.29 is 14.6 Å². The molecule has 1 aromatic carbocycles. The van der Waals surface area contributed by atoms with Gasteiger partial charge in [-0.1, -0.05) is 17.3 Å². The predicted molar refractivity (Wildman–Crippen MR) is 80.1 cm³/mol. The lowest BCUT2D eigenvalue weighted by molar-refractivity contribution is -0.132. The Morgan fingerprint density at radius 1 is 1.41 bits per heavy atom. The lowest BCUT2D eigenvalue weighted by Gasteiger charge is -2.22. The topological polar surface area (TPSA) is 80.5 Å². The maximum Gasteiger partial charge on any atom is 0.224 e. The fraction of sp³-hybridized carbons (Fsp3) is 0.533. The van der Waals surface area contributed by atoms with Crippen LogP contribution in [0.2, 0.25) is 0 Å². The molecule has 118 valence electrons. The van der Waals surface area contributed by atoms with Crippen LogP contribution >= 0.6 is 0 Å². The second-order valence-corrected chi connectivity index (χ2v) is 5.51. The van der Waals surface area contributed by atoms with E-state index in [1.165, 1.54) is 0 Å². The van der Waals surface area contributed by atoms with E-state index in [0.717, 1.165) is 11.0 Å². The Balaban J connectivity index is 1.61. The van der Waals surface area contributed by atoms with Gasteiger partial charge in [-0.2, -0.15) is 0 Å². The highest BCUT2D eigenvalue weighted by Gasteiger charge is 2.22. The van der Waals surface area contributed by atoms with Crippen molar-refractivity contribution in [1.82, 2.24) is 19.9 Å². The molecule has 0 radical (unpaired) electrons. The number of hydrogen-bond acceptors (Lipinski definition) is 5. The van der Waals surface area contributed by atoms with Crippen molar-refractivity contribution >= 4 is 16.9 Å². The molecular formula is C15H20N4O3. The van der Waals surface area contributed by atoms with Gasteiger partial charge in [-0.25, -0.2) is 4.68 Å². The molecule has 3 rings (SSSR count). The summed E-state index contributed by atoms with van der Waals surface area (Å²) < 4.78 is 7.16. The number of aryl methyl sites for hydroxylation is 1. The highest BCUT2D eigenvalue weighted by atomic mass is 16.5. The van der Waals surface area contributed by atoms with Gasteiger partial charge in [-0.05, 0) is 12.1 Å². The first-order valence-corrected chi connectivity index (χ1v) is 7.52. The van der Waals surface area contributed by atoms with Gasteiger partial charge in [0.25, 0.3) is 0 Å². The standard InChI is InChI=1S/C15H20N4O3/c20-10-12-9-18(7-8-22-11-12)15(21)5-6-19-14-4-2-1-3-13(14)16-17-19/h1-4,12,20H,5-11H2/t12-/m1/s1. The van der Waals surface area contributed by atoms with E-state index in [1.54, 1.807) is 9.58 Å². The van der Waals surface area contributed by atoms with Crippen molar-refractivity contribution in [3.05, 3.63) is 24.3 Å². The highest BCUT2D eigenvalue weighted by molar-refractivity contribution is 5.77. The van der Waals surface area contributed by atoms with Crippen molar-refractivity contribution in [3.63, 3.8) is 0 Å². The molecule has 0 spiro atoms. The summed E-state index contributed by atoms with van der Waals surface area (Å²) in [5.74, 6) is 0.0576. The van der Waals surface area contributed by atoms with Gasteiger partial charge in [0.1, 0.15) is 5.52 Å². The minimum absolute atomic E-state index is 0.00125. The fourth-order valence-electron chi connectivity index (χ4n) is 2.66. The highest BCUT2D eigenvalue weighted by Crippen LogP contribution is 2.12. The zero-order valence-electron chi connectivity index (χ0n) is 12.4. The summed E-state index contributed by atoms with van der Waals surface area (Å²) >= 11 is 0. The van der Waals surface area contributed by atoms with E-state index >= 15 is 0 Å². The zero-order chi connectivity index (χ0) is 15.4. The molecule has 1 fully saturated rings. The van der Waals surface area contributed by atoms with E-state index in [4.69, 9.17) is 4.74 Å². The molecule has 1 atom stereocenters. The van der Waals surface area contributed by atoms with Gasteiger partial charge >= 0.3 is 0 Å². The molecule has 0 unspecified atom stereocenters. The Kier molecular flexibility index (Phi) is 4.65. The maximum absolute atomic E-state index is 12.4. The number of ether oxygens (including phenoxy) is 1. The Hall–Kier alpha value is -1.99. The van der Waals surface area contributed by atoms with E-state index in [9.17, 15) is 9.90 Å². The van der Waals surface area contributed by atoms with Crippen LogP contribution in [-0.4, -0.2) is 63.8 Å². The van der Waals surface area contributed by atoms with Crippen LogP contribution in [0, 0.1) is 5.92 Å². The number of hydrogen-bond donors (Lipinski definition) is 1. The smallest absolute Gasteiger partial charge is 0.224 e. The molecule has 1 N–H and O–H groups in total. The SMILES string of the molecule is O=C(CCn1nnc2ccccc21)N1CCOC[C@@H](CO)C1. The molecule has 1 aliphatic heterocycles. The van der Waals surface area contributed by atoms with Gasteiger partial charge in [0.15, 0.2) is 0 Å². The van der Waals surface area contributed by atoms with E-state index in [0.29, 0.717) is 39.3 Å². The normalized spacial score (nSPS) is 19.3. The predicted octanol–water partition coefficient (Wildman–Crippen LogP) is 0.289. The van der Waals surface area contributed by atoms with Crippen LogP contribution in [0.25, 0.3) is 11.0 Å². The monoisotopic (exact) mass is 304 g/mol. The summed E-state index contributed by atoms with van der Waals surface area (Å²) in [6, 6.07) is 7.70. The minimum atomic E-state index is -0.00125. The summed E-state index contributed by atoms with van der Waals surface area (Å²) in [6.07, 6.45) is 0.367. The van der Waals surface area contributed by atoms with Crippen LogP contribution in [-0.2, 0) is 16.1 Å². The van der Waals surface area contributed by atoms with Gasteiger partial charge in [0.2, 0.25) is 5.91 Å². The van der Waals surface area contributed by atoms with Crippen LogP contribution in [0.15, 0.2) is 24.3 Å². The summed E-state index contributed by atoms with van der Waals surface area (Å²) in [4.78, 5) is 14.1. The first-order valence-electron chi connectivity index (χ1n) is 7.52. The number of aliphatic hydroxyl groups excluding tert-OH is 1. The number of aliphatic hydroxyl groups is 1. The van der Waals surface area contributed by atoms with E-state index in [2.05, 4.69) is 10.3 Å². The molecule has 1 aromatic heterocycles. The first kappa shape index (κ1) is 14.9. The quantitative estimate of drug-likeness (QED) is 0.878. The largest absolute Gasteiger partial charge is 0.396 e. The molecule has 7 heteroatoms. The Bertz CT molecular complexity index is 643. The molecule has 1 amide bonds. The molecule has 2 aromatic rings. The third kappa shape index (κ3) is 3.26. The van der Waals surface area contributed by atoms with Gasteiger partial charge in [-0.15, -0.1) is 5.10 Å². The van der Waals surface area contributed by atoms with Gasteiger partial charge < -0.3 is 14.7 Å². The second kappa shape index (κ2) is 6.85. The van der Waals surface area contributed by atoms with Crippen LogP contribution < -0.4 is 0 Å². The van der Waals surface area contributed by atoms with E-state index in [-0.39, 0.29) is 18.4 Å². The Labute approximate surface area is 128 Å². The van der Waals surface area contributed by atoms with Crippen LogP contribution in [0.5, 0.6) is 0 Å². The van der Waals surface area contributed by atoms with Gasteiger partial charge in [-0.3, -0.25) is 4.79 Å². The number of para-hydroxylation sites is 1. The molecule has 0 bridgehead atoms. The molecule has 22 heavy (non-hydrogen) atoms. The number of nitrogens with zero attached hydrogens (tertiary/aromatic N) is 4. The van der Waals surface area contributed by atoms with E-state index < -0.39 is 0 Å². The molecule has 7 nitrogen and oxygen atoms in total. The third-order valence-corrected chi connectivity index (χ3v) is 3.91. The van der Waals surface area contributed by atoms with Crippen LogP contribution in [0.4, 0.5) is 0 Å². The molecule has 0 aliphatic carbocycles. The number of aromatic nitrogens is 3. The summed E-state index contributed by atoms with van der Waals surface area (Å²) in [5.41, 5.74) is 1.77. The molecule has 0 saturated carbocycles. The fourth-order valence-corrected chi connectivity index (χ4v) is 2.66. The minimum Gasteiger partial charge on any atom is -0.396 e. The van der Waals surface area contributed by atoms with Crippen molar-refractivity contribution in [2.24, 2.45) is 5.92 Å². The average Bonchev–Trinajstić information content (AvgIpc) is 2.80. The number of carbonyl (C=O) groups is 1. The molecule has 1 aliphatic rings. The number of fused-ring (bicyclic) bond motifs is 1. The molecular weight excluding hydrogens is 284 g/mol. The first-order chi connectivity index (χ1) is 10.8. The number of amides is 1. The lowest BCUT2D eigenvalue weighted by Crippen LogP contribution is -2.37. The van der Waals surface area contributed by atoms with Crippen molar-refractivity contribution in [3.8, 4) is 0 Å². The third-order valence-electron chi connectivity index (χ3n) is 3.91. The lowest BCUT2D eigenvalue weighted by atomic mass is 10.1. The Morgan fingerprint density at radius 2 is 2.27 bits per heavy atom. The van der Waals surface area contributed by atoms with Crippen molar-refractivity contribution in [1.29, 1.82) is 0 Å². The average molecular weight is 304 g/mol. The van der Waals surface area contributed by atoms with Crippen LogP contribution in [0.3, 0.4) is 0 Å². The molecule has 1 saturated heterocycles. The number of benzene rings is 1. The van der Waals surface area contributed by atoms with Gasteiger partial charge in [0, 0.05) is 32.0 Å². The zero-order valence-corrected chi connectivity index (χ0v) is 12.4. The Morgan fingerprint density at radius 3 is 3.14 bits per heavy atom. The van der Waals surface area contributed by atoms with Crippen molar-refractivity contribution in [2.75, 3.05) is 32.9 Å². The van der Waals surface area contributed by atoms with Crippen molar-refractivity contribution in [2.45, 2.75) is 13.0 Å². The summed E-state index contributed by atoms with van der Waals surface area (Å²) in [5, 5.41) is 17.5. The van der Waals surface area contributed by atoms with Crippen LogP contribution in [0.1, 0.15) is 6.42 Å². The second-order valence-electron chi connectivity index (χ2n) is 5.51.